The first-order chi connectivity index (χ1) is 6.81. The van der Waals surface area contributed by atoms with Crippen LogP contribution in [0.4, 0.5) is 0 Å². The molecule has 1 nitrogen and oxygen atoms in total. The molecule has 0 aliphatic heterocycles. The van der Waals surface area contributed by atoms with Crippen LogP contribution in [0.15, 0.2) is 29.6 Å². The Morgan fingerprint density at radius 1 is 1.36 bits per heavy atom. The first kappa shape index (κ1) is 9.69. The fourth-order valence-corrected chi connectivity index (χ4v) is 2.56. The van der Waals surface area contributed by atoms with Crippen molar-refractivity contribution >= 4 is 21.4 Å². The minimum atomic E-state index is -0.201. The Hall–Kier alpha value is -0.860. The molecule has 0 spiro atoms. The molecule has 2 rings (SSSR count). The van der Waals surface area contributed by atoms with Gasteiger partial charge in [-0.1, -0.05) is 25.1 Å². The molecular weight excluding hydrogens is 192 g/mol. The number of hydrogen-bond donors (Lipinski definition) is 1. The van der Waals surface area contributed by atoms with Gasteiger partial charge in [-0.15, -0.1) is 11.3 Å². The lowest BCUT2D eigenvalue weighted by atomic mass is 10.1. The zero-order chi connectivity index (χ0) is 9.97. The molecule has 1 unspecified atom stereocenters. The van der Waals surface area contributed by atoms with Crippen molar-refractivity contribution in [3.05, 3.63) is 35.2 Å². The second-order valence-corrected chi connectivity index (χ2v) is 4.43. The monoisotopic (exact) mass is 206 g/mol. The van der Waals surface area contributed by atoms with Crippen molar-refractivity contribution < 1.29 is 5.11 Å². The lowest BCUT2D eigenvalue weighted by Gasteiger charge is -2.05. The highest BCUT2D eigenvalue weighted by Gasteiger charge is 2.07. The van der Waals surface area contributed by atoms with Crippen molar-refractivity contribution in [2.24, 2.45) is 0 Å². The fourth-order valence-electron chi connectivity index (χ4n) is 1.59. The Bertz CT molecular complexity index is 419. The van der Waals surface area contributed by atoms with E-state index in [1.54, 1.807) is 11.3 Å². The topological polar surface area (TPSA) is 20.2 Å². The summed E-state index contributed by atoms with van der Waals surface area (Å²) < 4.78 is 1.31. The second-order valence-electron chi connectivity index (χ2n) is 3.52. The Kier molecular flexibility index (Phi) is 2.85. The average Bonchev–Trinajstić information content (AvgIpc) is 2.62. The molecular formula is C12H14OS. The Morgan fingerprint density at radius 3 is 2.93 bits per heavy atom. The van der Waals surface area contributed by atoms with Crippen molar-refractivity contribution in [3.8, 4) is 0 Å². The maximum absolute atomic E-state index is 9.59. The van der Waals surface area contributed by atoms with Crippen molar-refractivity contribution in [2.75, 3.05) is 0 Å². The molecule has 0 amide bonds. The van der Waals surface area contributed by atoms with E-state index in [-0.39, 0.29) is 6.10 Å². The van der Waals surface area contributed by atoms with E-state index in [9.17, 15) is 5.11 Å². The van der Waals surface area contributed by atoms with Gasteiger partial charge in [-0.2, -0.15) is 0 Å². The zero-order valence-electron chi connectivity index (χ0n) is 8.23. The van der Waals surface area contributed by atoms with Crippen LogP contribution in [-0.4, -0.2) is 11.2 Å². The zero-order valence-corrected chi connectivity index (χ0v) is 9.05. The summed E-state index contributed by atoms with van der Waals surface area (Å²) in [5, 5.41) is 13.0. The largest absolute Gasteiger partial charge is 0.393 e. The third kappa shape index (κ3) is 1.81. The predicted octanol–water partition coefficient (Wildman–Crippen LogP) is 3.21. The Labute approximate surface area is 88.0 Å². The van der Waals surface area contributed by atoms with Crippen LogP contribution in [0.1, 0.15) is 18.9 Å². The molecule has 0 aliphatic rings. The van der Waals surface area contributed by atoms with Gasteiger partial charge < -0.3 is 5.11 Å². The normalized spacial score (nSPS) is 13.3. The molecule has 0 saturated carbocycles. The maximum Gasteiger partial charge on any atom is 0.0578 e. The highest BCUT2D eigenvalue weighted by Crippen LogP contribution is 2.26. The summed E-state index contributed by atoms with van der Waals surface area (Å²) in [5.41, 5.74) is 1.28. The van der Waals surface area contributed by atoms with E-state index < -0.39 is 0 Å². The molecule has 1 aromatic heterocycles. The molecule has 14 heavy (non-hydrogen) atoms. The van der Waals surface area contributed by atoms with E-state index in [2.05, 4.69) is 29.6 Å². The summed E-state index contributed by atoms with van der Waals surface area (Å²) in [6.07, 6.45) is 1.40. The van der Waals surface area contributed by atoms with Crippen molar-refractivity contribution in [1.82, 2.24) is 0 Å². The average molecular weight is 206 g/mol. The molecule has 1 atom stereocenters. The molecule has 1 N–H and O–H groups in total. The number of hydrogen-bond acceptors (Lipinski definition) is 2. The SMILES string of the molecule is CCC(O)Cc1csc2ccccc12. The van der Waals surface area contributed by atoms with E-state index in [0.29, 0.717) is 0 Å². The molecule has 0 bridgehead atoms. The summed E-state index contributed by atoms with van der Waals surface area (Å²) >= 11 is 1.76. The minimum absolute atomic E-state index is 0.201. The number of fused-ring (bicyclic) bond motifs is 1. The molecule has 1 heterocycles. The van der Waals surface area contributed by atoms with Crippen LogP contribution < -0.4 is 0 Å². The molecule has 0 aliphatic carbocycles. The van der Waals surface area contributed by atoms with E-state index in [0.717, 1.165) is 12.8 Å². The molecule has 1 aromatic carbocycles. The van der Waals surface area contributed by atoms with E-state index >= 15 is 0 Å². The van der Waals surface area contributed by atoms with Crippen molar-refractivity contribution in [2.45, 2.75) is 25.9 Å². The number of aliphatic hydroxyl groups excluding tert-OH is 1. The fraction of sp³-hybridized carbons (Fsp3) is 0.333. The van der Waals surface area contributed by atoms with Crippen molar-refractivity contribution in [3.63, 3.8) is 0 Å². The van der Waals surface area contributed by atoms with E-state index in [1.165, 1.54) is 15.6 Å². The van der Waals surface area contributed by atoms with Gasteiger partial charge in [0, 0.05) is 4.70 Å². The van der Waals surface area contributed by atoms with Gasteiger partial charge in [-0.05, 0) is 35.2 Å². The predicted molar refractivity (Wildman–Crippen MR) is 61.8 cm³/mol. The smallest absolute Gasteiger partial charge is 0.0578 e. The quantitative estimate of drug-likeness (QED) is 0.817. The lowest BCUT2D eigenvalue weighted by Crippen LogP contribution is -2.07. The van der Waals surface area contributed by atoms with Crippen LogP contribution in [0.2, 0.25) is 0 Å². The number of aliphatic hydroxyl groups is 1. The third-order valence-electron chi connectivity index (χ3n) is 2.49. The highest BCUT2D eigenvalue weighted by atomic mass is 32.1. The highest BCUT2D eigenvalue weighted by molar-refractivity contribution is 7.17. The standard InChI is InChI=1S/C12H14OS/c1-2-10(13)7-9-8-14-12-6-4-3-5-11(9)12/h3-6,8,10,13H,2,7H2,1H3. The summed E-state index contributed by atoms with van der Waals surface area (Å²) in [6, 6.07) is 8.36. The minimum Gasteiger partial charge on any atom is -0.393 e. The molecule has 74 valence electrons. The van der Waals surface area contributed by atoms with Gasteiger partial charge >= 0.3 is 0 Å². The molecule has 0 fully saturated rings. The Balaban J connectivity index is 2.33. The first-order valence-electron chi connectivity index (χ1n) is 4.94. The lowest BCUT2D eigenvalue weighted by molar-refractivity contribution is 0.171. The molecule has 2 aromatic rings. The second kappa shape index (κ2) is 4.11. The third-order valence-corrected chi connectivity index (χ3v) is 3.50. The van der Waals surface area contributed by atoms with Crippen molar-refractivity contribution in [1.29, 1.82) is 0 Å². The molecule has 0 radical (unpaired) electrons. The number of rotatable bonds is 3. The van der Waals surface area contributed by atoms with Gasteiger partial charge in [0.1, 0.15) is 0 Å². The number of thiophene rings is 1. The van der Waals surface area contributed by atoms with Gasteiger partial charge in [-0.25, -0.2) is 0 Å². The van der Waals surface area contributed by atoms with Crippen LogP contribution in [0.3, 0.4) is 0 Å². The van der Waals surface area contributed by atoms with Crippen LogP contribution in [0.5, 0.6) is 0 Å². The summed E-state index contributed by atoms with van der Waals surface area (Å²) in [4.78, 5) is 0. The van der Waals surface area contributed by atoms with Crippen LogP contribution in [-0.2, 0) is 6.42 Å². The van der Waals surface area contributed by atoms with E-state index in [1.807, 2.05) is 6.92 Å². The van der Waals surface area contributed by atoms with Crippen LogP contribution >= 0.6 is 11.3 Å². The first-order valence-corrected chi connectivity index (χ1v) is 5.82. The molecule has 0 saturated heterocycles. The van der Waals surface area contributed by atoms with Gasteiger partial charge in [0.2, 0.25) is 0 Å². The van der Waals surface area contributed by atoms with Gasteiger partial charge in [0.25, 0.3) is 0 Å². The van der Waals surface area contributed by atoms with Crippen LogP contribution in [0, 0.1) is 0 Å². The maximum atomic E-state index is 9.59. The van der Waals surface area contributed by atoms with Gasteiger partial charge in [0.15, 0.2) is 0 Å². The molecule has 2 heteroatoms. The summed E-state index contributed by atoms with van der Waals surface area (Å²) in [5.74, 6) is 0. The van der Waals surface area contributed by atoms with Crippen LogP contribution in [0.25, 0.3) is 10.1 Å². The number of benzene rings is 1. The summed E-state index contributed by atoms with van der Waals surface area (Å²) in [6.45, 7) is 2.01. The van der Waals surface area contributed by atoms with Gasteiger partial charge in [-0.3, -0.25) is 0 Å². The Morgan fingerprint density at radius 2 is 2.14 bits per heavy atom. The van der Waals surface area contributed by atoms with E-state index in [4.69, 9.17) is 0 Å². The van der Waals surface area contributed by atoms with Gasteiger partial charge in [0.05, 0.1) is 6.10 Å². The summed E-state index contributed by atoms with van der Waals surface area (Å²) in [7, 11) is 0.